The van der Waals surface area contributed by atoms with Gasteiger partial charge in [-0.05, 0) is 18.6 Å². The van der Waals surface area contributed by atoms with E-state index in [0.29, 0.717) is 6.54 Å². The Morgan fingerprint density at radius 2 is 2.18 bits per heavy atom. The minimum Gasteiger partial charge on any atom is -0.508 e. The molecule has 0 aromatic heterocycles. The summed E-state index contributed by atoms with van der Waals surface area (Å²) in [7, 11) is 0. The molecule has 0 bridgehead atoms. The molecule has 1 atom stereocenters. The van der Waals surface area contributed by atoms with Gasteiger partial charge in [-0.1, -0.05) is 13.3 Å². The van der Waals surface area contributed by atoms with E-state index in [1.54, 1.807) is 0 Å². The number of halogens is 1. The maximum absolute atomic E-state index is 11.7. The predicted molar refractivity (Wildman–Crippen MR) is 66.7 cm³/mol. The van der Waals surface area contributed by atoms with Crippen LogP contribution in [0.3, 0.4) is 0 Å². The van der Waals surface area contributed by atoms with E-state index >= 15 is 0 Å². The maximum atomic E-state index is 11.7. The number of alkyl halides is 1. The van der Waals surface area contributed by atoms with Crippen molar-refractivity contribution in [1.29, 1.82) is 0 Å². The average molecular weight is 258 g/mol. The Kier molecular flexibility index (Phi) is 5.10. The van der Waals surface area contributed by atoms with Crippen molar-refractivity contribution in [3.05, 3.63) is 23.8 Å². The molecule has 0 heterocycles. The smallest absolute Gasteiger partial charge is 0.255 e. The van der Waals surface area contributed by atoms with E-state index in [0.717, 1.165) is 18.9 Å². The van der Waals surface area contributed by atoms with Gasteiger partial charge in [0.2, 0.25) is 0 Å². The number of carbonyl (C=O) groups excluding carboxylic acids is 1. The van der Waals surface area contributed by atoms with Crippen molar-refractivity contribution in [3.63, 3.8) is 0 Å². The van der Waals surface area contributed by atoms with Gasteiger partial charge < -0.3 is 15.5 Å². The second-order valence-electron chi connectivity index (χ2n) is 3.80. The number of hydrogen-bond donors (Lipinski definition) is 3. The Hall–Kier alpha value is -1.42. The first-order chi connectivity index (χ1) is 8.04. The number of aromatic hydroxyl groups is 2. The molecule has 1 aromatic rings. The van der Waals surface area contributed by atoms with Crippen molar-refractivity contribution in [1.82, 2.24) is 5.32 Å². The lowest BCUT2D eigenvalue weighted by atomic mass is 10.1. The van der Waals surface area contributed by atoms with E-state index in [2.05, 4.69) is 5.32 Å². The van der Waals surface area contributed by atoms with Crippen LogP contribution in [-0.2, 0) is 0 Å². The number of phenols is 2. The Morgan fingerprint density at radius 3 is 2.76 bits per heavy atom. The van der Waals surface area contributed by atoms with Crippen LogP contribution in [0.4, 0.5) is 0 Å². The number of hydrogen-bond acceptors (Lipinski definition) is 3. The fraction of sp³-hybridized carbons (Fsp3) is 0.417. The fourth-order valence-corrected chi connectivity index (χ4v) is 1.72. The van der Waals surface area contributed by atoms with Crippen LogP contribution >= 0.6 is 11.6 Å². The Balaban J connectivity index is 2.58. The summed E-state index contributed by atoms with van der Waals surface area (Å²) in [6, 6.07) is 3.83. The third kappa shape index (κ3) is 4.15. The molecule has 0 fully saturated rings. The molecule has 0 saturated heterocycles. The van der Waals surface area contributed by atoms with Gasteiger partial charge >= 0.3 is 0 Å². The van der Waals surface area contributed by atoms with Crippen LogP contribution in [0.25, 0.3) is 0 Å². The minimum absolute atomic E-state index is 0.0831. The number of amides is 1. The van der Waals surface area contributed by atoms with Crippen LogP contribution < -0.4 is 5.32 Å². The molecule has 4 nitrogen and oxygen atoms in total. The molecule has 1 rings (SSSR count). The lowest BCUT2D eigenvalue weighted by Gasteiger charge is -2.10. The number of carbonyl (C=O) groups is 1. The molecule has 0 aliphatic rings. The molecule has 0 aliphatic heterocycles. The highest BCUT2D eigenvalue weighted by atomic mass is 35.5. The molecule has 1 amide bonds. The highest BCUT2D eigenvalue weighted by molar-refractivity contribution is 6.20. The number of phenolic OH excluding ortho intramolecular Hbond substituents is 2. The summed E-state index contributed by atoms with van der Waals surface area (Å²) in [6.07, 6.45) is 1.78. The van der Waals surface area contributed by atoms with Crippen LogP contribution in [0.5, 0.6) is 11.5 Å². The van der Waals surface area contributed by atoms with Gasteiger partial charge in [0.05, 0.1) is 10.9 Å². The van der Waals surface area contributed by atoms with Crippen LogP contribution in [0, 0.1) is 0 Å². The molecule has 0 aliphatic carbocycles. The van der Waals surface area contributed by atoms with Gasteiger partial charge in [-0.2, -0.15) is 0 Å². The zero-order valence-electron chi connectivity index (χ0n) is 9.61. The summed E-state index contributed by atoms with van der Waals surface area (Å²) >= 11 is 5.96. The summed E-state index contributed by atoms with van der Waals surface area (Å²) in [5, 5.41) is 21.1. The third-order valence-corrected chi connectivity index (χ3v) is 2.68. The van der Waals surface area contributed by atoms with Crippen LogP contribution in [0.2, 0.25) is 0 Å². The first-order valence-electron chi connectivity index (χ1n) is 5.48. The highest BCUT2D eigenvalue weighted by Gasteiger charge is 2.12. The van der Waals surface area contributed by atoms with Gasteiger partial charge in [0, 0.05) is 12.6 Å². The summed E-state index contributed by atoms with van der Waals surface area (Å²) in [6.45, 7) is 2.37. The molecule has 1 unspecified atom stereocenters. The van der Waals surface area contributed by atoms with Gasteiger partial charge in [-0.3, -0.25) is 4.79 Å². The molecule has 17 heavy (non-hydrogen) atoms. The Labute approximate surface area is 105 Å². The second-order valence-corrected chi connectivity index (χ2v) is 4.41. The minimum atomic E-state index is -0.399. The Bertz CT molecular complexity index is 395. The monoisotopic (exact) mass is 257 g/mol. The lowest BCUT2D eigenvalue weighted by molar-refractivity contribution is 0.0950. The van der Waals surface area contributed by atoms with Gasteiger partial charge in [-0.25, -0.2) is 0 Å². The summed E-state index contributed by atoms with van der Waals surface area (Å²) in [5.74, 6) is -0.728. The van der Waals surface area contributed by atoms with E-state index in [4.69, 9.17) is 16.7 Å². The molecule has 3 N–H and O–H groups in total. The molecule has 0 radical (unpaired) electrons. The second kappa shape index (κ2) is 6.35. The van der Waals surface area contributed by atoms with Crippen LogP contribution in [-0.4, -0.2) is 28.0 Å². The highest BCUT2D eigenvalue weighted by Crippen LogP contribution is 2.22. The molecule has 5 heteroatoms. The zero-order valence-corrected chi connectivity index (χ0v) is 10.4. The number of benzene rings is 1. The fourth-order valence-electron chi connectivity index (χ4n) is 1.43. The normalized spacial score (nSPS) is 12.1. The zero-order chi connectivity index (χ0) is 12.8. The maximum Gasteiger partial charge on any atom is 0.255 e. The van der Waals surface area contributed by atoms with Gasteiger partial charge in [0.1, 0.15) is 11.5 Å². The van der Waals surface area contributed by atoms with E-state index < -0.39 is 5.91 Å². The summed E-state index contributed by atoms with van der Waals surface area (Å²) in [5.41, 5.74) is 0.128. The predicted octanol–water partition coefficient (Wildman–Crippen LogP) is 2.24. The standard InChI is InChI=1S/C12H16ClNO3/c1-2-3-8(13)7-14-12(17)10-5-4-9(15)6-11(10)16/h4-6,8,15-16H,2-3,7H2,1H3,(H,14,17). The van der Waals surface area contributed by atoms with Gasteiger partial charge in [0.15, 0.2) is 0 Å². The molecule has 1 aromatic carbocycles. The van der Waals surface area contributed by atoms with Crippen molar-refractivity contribution in [3.8, 4) is 11.5 Å². The SMILES string of the molecule is CCCC(Cl)CNC(=O)c1ccc(O)cc1O. The first kappa shape index (κ1) is 13.6. The average Bonchev–Trinajstić information content (AvgIpc) is 2.26. The summed E-state index contributed by atoms with van der Waals surface area (Å²) < 4.78 is 0. The topological polar surface area (TPSA) is 69.6 Å². The number of rotatable bonds is 5. The third-order valence-electron chi connectivity index (χ3n) is 2.31. The van der Waals surface area contributed by atoms with Crippen molar-refractivity contribution in [2.75, 3.05) is 6.54 Å². The van der Waals surface area contributed by atoms with E-state index in [1.807, 2.05) is 6.92 Å². The number of nitrogens with one attached hydrogen (secondary N) is 1. The van der Waals surface area contributed by atoms with Crippen LogP contribution in [0.1, 0.15) is 30.1 Å². The van der Waals surface area contributed by atoms with Crippen molar-refractivity contribution in [2.45, 2.75) is 25.1 Å². The van der Waals surface area contributed by atoms with Crippen molar-refractivity contribution < 1.29 is 15.0 Å². The Morgan fingerprint density at radius 1 is 1.47 bits per heavy atom. The molecule has 0 spiro atoms. The first-order valence-corrected chi connectivity index (χ1v) is 5.92. The van der Waals surface area contributed by atoms with E-state index in [1.165, 1.54) is 12.1 Å². The molecular weight excluding hydrogens is 242 g/mol. The molecular formula is C12H16ClNO3. The van der Waals surface area contributed by atoms with E-state index in [9.17, 15) is 9.90 Å². The quantitative estimate of drug-likeness (QED) is 0.709. The molecule has 0 saturated carbocycles. The van der Waals surface area contributed by atoms with Crippen molar-refractivity contribution >= 4 is 17.5 Å². The van der Waals surface area contributed by atoms with E-state index in [-0.39, 0.29) is 22.4 Å². The molecule has 94 valence electrons. The lowest BCUT2D eigenvalue weighted by Crippen LogP contribution is -2.29. The van der Waals surface area contributed by atoms with Crippen molar-refractivity contribution in [2.24, 2.45) is 0 Å². The largest absolute Gasteiger partial charge is 0.508 e. The van der Waals surface area contributed by atoms with Gasteiger partial charge in [0.25, 0.3) is 5.91 Å². The van der Waals surface area contributed by atoms with Gasteiger partial charge in [-0.15, -0.1) is 11.6 Å². The van der Waals surface area contributed by atoms with Crippen LogP contribution in [0.15, 0.2) is 18.2 Å². The summed E-state index contributed by atoms with van der Waals surface area (Å²) in [4.78, 5) is 11.7.